The number of hydrogen-bond acceptors (Lipinski definition) is 6. The van der Waals surface area contributed by atoms with Crippen molar-refractivity contribution in [3.05, 3.63) is 71.9 Å². The van der Waals surface area contributed by atoms with Crippen molar-refractivity contribution in [2.24, 2.45) is 0 Å². The van der Waals surface area contributed by atoms with Crippen LogP contribution in [0.25, 0.3) is 0 Å². The zero-order chi connectivity index (χ0) is 27.4. The molecule has 2 aromatic carbocycles. The van der Waals surface area contributed by atoms with Gasteiger partial charge in [-0.1, -0.05) is 0 Å². The van der Waals surface area contributed by atoms with E-state index in [1.807, 2.05) is 49.4 Å². The van der Waals surface area contributed by atoms with Gasteiger partial charge in [-0.05, 0) is 87.7 Å². The molecule has 3 heterocycles. The molecule has 1 aromatic heterocycles. The van der Waals surface area contributed by atoms with Crippen LogP contribution in [0.4, 0.5) is 22.0 Å². The Morgan fingerprint density at radius 2 is 1.77 bits per heavy atom. The highest BCUT2D eigenvalue weighted by atomic mass is 16.5. The van der Waals surface area contributed by atoms with Crippen LogP contribution in [0.5, 0.6) is 11.5 Å². The molecule has 0 spiro atoms. The Kier molecular flexibility index (Phi) is 7.97. The van der Waals surface area contributed by atoms with Crippen molar-refractivity contribution in [2.75, 3.05) is 41.3 Å². The number of carbonyl (C=O) groups is 2. The molecule has 3 amide bonds. The highest BCUT2D eigenvalue weighted by molar-refractivity contribution is 6.04. The number of fused-ring (bicyclic) bond motifs is 1. The summed E-state index contributed by atoms with van der Waals surface area (Å²) in [7, 11) is 0. The third kappa shape index (κ3) is 6.31. The molecule has 2 aliphatic heterocycles. The second kappa shape index (κ2) is 11.7. The van der Waals surface area contributed by atoms with Gasteiger partial charge in [0.25, 0.3) is 5.91 Å². The molecule has 0 saturated carbocycles. The Morgan fingerprint density at radius 1 is 1.03 bits per heavy atom. The largest absolute Gasteiger partial charge is 0.457 e. The van der Waals surface area contributed by atoms with Crippen molar-refractivity contribution in [3.8, 4) is 11.5 Å². The SMILES string of the molecule is CCNC(=O)N1CCCc2cc(Oc3ccnc(NC(=O)c4ccc(N5C[C@@H](C)N[C@@H](C)C5)cc4)c3)ccc21. The van der Waals surface area contributed by atoms with Crippen molar-refractivity contribution in [3.63, 3.8) is 0 Å². The van der Waals surface area contributed by atoms with Gasteiger partial charge >= 0.3 is 6.03 Å². The monoisotopic (exact) mass is 528 g/mol. The molecule has 1 fully saturated rings. The molecule has 9 heteroatoms. The molecule has 0 unspecified atom stereocenters. The molecule has 204 valence electrons. The number of piperazine rings is 1. The second-order valence-corrected chi connectivity index (χ2v) is 10.2. The Bertz CT molecular complexity index is 1320. The predicted molar refractivity (Wildman–Crippen MR) is 154 cm³/mol. The second-order valence-electron chi connectivity index (χ2n) is 10.2. The number of benzene rings is 2. The summed E-state index contributed by atoms with van der Waals surface area (Å²) >= 11 is 0. The van der Waals surface area contributed by atoms with Gasteiger partial charge in [-0.25, -0.2) is 9.78 Å². The number of amides is 3. The van der Waals surface area contributed by atoms with Gasteiger partial charge < -0.3 is 25.6 Å². The van der Waals surface area contributed by atoms with Crippen LogP contribution in [0.2, 0.25) is 0 Å². The number of ether oxygens (including phenoxy) is 1. The number of aromatic nitrogens is 1. The molecule has 3 N–H and O–H groups in total. The van der Waals surface area contributed by atoms with Gasteiger partial charge in [-0.2, -0.15) is 0 Å². The van der Waals surface area contributed by atoms with Crippen molar-refractivity contribution >= 4 is 29.1 Å². The fraction of sp³-hybridized carbons (Fsp3) is 0.367. The summed E-state index contributed by atoms with van der Waals surface area (Å²) in [6.45, 7) is 9.44. The number of rotatable bonds is 6. The summed E-state index contributed by atoms with van der Waals surface area (Å²) < 4.78 is 6.09. The van der Waals surface area contributed by atoms with E-state index in [0.29, 0.717) is 48.1 Å². The van der Waals surface area contributed by atoms with E-state index in [4.69, 9.17) is 4.74 Å². The minimum atomic E-state index is -0.229. The molecule has 0 radical (unpaired) electrons. The summed E-state index contributed by atoms with van der Waals surface area (Å²) in [5.41, 5.74) is 3.66. The van der Waals surface area contributed by atoms with E-state index in [-0.39, 0.29) is 11.9 Å². The highest BCUT2D eigenvalue weighted by Gasteiger charge is 2.23. The summed E-state index contributed by atoms with van der Waals surface area (Å²) in [5, 5.41) is 9.29. The van der Waals surface area contributed by atoms with Crippen LogP contribution in [0.1, 0.15) is 43.1 Å². The van der Waals surface area contributed by atoms with E-state index in [1.165, 1.54) is 0 Å². The van der Waals surface area contributed by atoms with Gasteiger partial charge in [0.05, 0.1) is 0 Å². The van der Waals surface area contributed by atoms with Crippen molar-refractivity contribution in [1.29, 1.82) is 0 Å². The topological polar surface area (TPSA) is 98.8 Å². The van der Waals surface area contributed by atoms with E-state index >= 15 is 0 Å². The van der Waals surface area contributed by atoms with E-state index < -0.39 is 0 Å². The van der Waals surface area contributed by atoms with Crippen molar-refractivity contribution < 1.29 is 14.3 Å². The fourth-order valence-electron chi connectivity index (χ4n) is 5.32. The zero-order valence-electron chi connectivity index (χ0n) is 22.7. The first kappa shape index (κ1) is 26.5. The first-order valence-electron chi connectivity index (χ1n) is 13.6. The Morgan fingerprint density at radius 3 is 2.51 bits per heavy atom. The molecule has 5 rings (SSSR count). The van der Waals surface area contributed by atoms with Gasteiger partial charge in [0.1, 0.15) is 17.3 Å². The molecule has 9 nitrogen and oxygen atoms in total. The number of carbonyl (C=O) groups excluding carboxylic acids is 2. The van der Waals surface area contributed by atoms with Crippen LogP contribution < -0.4 is 30.5 Å². The maximum Gasteiger partial charge on any atom is 0.321 e. The number of urea groups is 1. The van der Waals surface area contributed by atoms with Gasteiger partial charge in [-0.3, -0.25) is 9.69 Å². The number of pyridine rings is 1. The highest BCUT2D eigenvalue weighted by Crippen LogP contribution is 2.33. The standard InChI is InChI=1S/C30H36N6O3/c1-4-31-30(38)36-15-5-6-23-16-25(11-12-27(23)36)39-26-13-14-32-28(17-26)34-29(37)22-7-9-24(10-8-22)35-18-20(2)33-21(3)19-35/h7-14,16-17,20-21,33H,4-6,15,18-19H2,1-3H3,(H,31,38)(H,32,34,37)/t20-,21+. The maximum atomic E-state index is 12.9. The van der Waals surface area contributed by atoms with Gasteiger partial charge in [0, 0.05) is 67.5 Å². The van der Waals surface area contributed by atoms with Crippen LogP contribution in [0.3, 0.4) is 0 Å². The van der Waals surface area contributed by atoms with E-state index in [9.17, 15) is 9.59 Å². The van der Waals surface area contributed by atoms with E-state index in [2.05, 4.69) is 39.7 Å². The Labute approximate surface area is 229 Å². The van der Waals surface area contributed by atoms with Gasteiger partial charge in [-0.15, -0.1) is 0 Å². The first-order chi connectivity index (χ1) is 18.9. The minimum absolute atomic E-state index is 0.0794. The first-order valence-corrected chi connectivity index (χ1v) is 13.6. The van der Waals surface area contributed by atoms with E-state index in [0.717, 1.165) is 42.9 Å². The molecule has 0 bridgehead atoms. The predicted octanol–water partition coefficient (Wildman–Crippen LogP) is 4.79. The lowest BCUT2D eigenvalue weighted by molar-refractivity contribution is 0.102. The molecule has 3 aromatic rings. The average molecular weight is 529 g/mol. The Balaban J connectivity index is 1.23. The maximum absolute atomic E-state index is 12.9. The smallest absolute Gasteiger partial charge is 0.321 e. The number of nitrogens with one attached hydrogen (secondary N) is 3. The van der Waals surface area contributed by atoms with Crippen molar-refractivity contribution in [1.82, 2.24) is 15.6 Å². The van der Waals surface area contributed by atoms with Crippen LogP contribution >= 0.6 is 0 Å². The van der Waals surface area contributed by atoms with E-state index in [1.54, 1.807) is 23.2 Å². The lowest BCUT2D eigenvalue weighted by Gasteiger charge is -2.37. The molecule has 39 heavy (non-hydrogen) atoms. The number of hydrogen-bond donors (Lipinski definition) is 3. The molecular formula is C30H36N6O3. The average Bonchev–Trinajstić information content (AvgIpc) is 2.92. The quantitative estimate of drug-likeness (QED) is 0.425. The molecule has 2 aliphatic rings. The Hall–Kier alpha value is -4.11. The number of nitrogens with zero attached hydrogens (tertiary/aromatic N) is 3. The summed E-state index contributed by atoms with van der Waals surface area (Å²) in [6.07, 6.45) is 3.38. The summed E-state index contributed by atoms with van der Waals surface area (Å²) in [5.74, 6) is 1.41. The van der Waals surface area contributed by atoms with Crippen LogP contribution in [0, 0.1) is 0 Å². The molecule has 0 aliphatic carbocycles. The van der Waals surface area contributed by atoms with Gasteiger partial charge in [0.2, 0.25) is 0 Å². The molecule has 2 atom stereocenters. The summed E-state index contributed by atoms with van der Waals surface area (Å²) in [6, 6.07) is 17.7. The van der Waals surface area contributed by atoms with Crippen LogP contribution in [-0.4, -0.2) is 55.2 Å². The minimum Gasteiger partial charge on any atom is -0.457 e. The third-order valence-corrected chi connectivity index (χ3v) is 7.00. The summed E-state index contributed by atoms with van der Waals surface area (Å²) in [4.78, 5) is 33.7. The normalized spacial score (nSPS) is 18.7. The van der Waals surface area contributed by atoms with Crippen LogP contribution in [-0.2, 0) is 6.42 Å². The zero-order valence-corrected chi connectivity index (χ0v) is 22.7. The number of anilines is 3. The third-order valence-electron chi connectivity index (χ3n) is 7.00. The van der Waals surface area contributed by atoms with Crippen LogP contribution in [0.15, 0.2) is 60.8 Å². The lowest BCUT2D eigenvalue weighted by Crippen LogP contribution is -2.54. The lowest BCUT2D eigenvalue weighted by atomic mass is 10.0. The molecular weight excluding hydrogens is 492 g/mol. The molecule has 1 saturated heterocycles. The fourth-order valence-corrected chi connectivity index (χ4v) is 5.32. The number of aryl methyl sites for hydroxylation is 1. The van der Waals surface area contributed by atoms with Crippen molar-refractivity contribution in [2.45, 2.75) is 45.7 Å². The van der Waals surface area contributed by atoms with Gasteiger partial charge in [0.15, 0.2) is 0 Å².